The van der Waals surface area contributed by atoms with E-state index in [2.05, 4.69) is 27.2 Å². The molecule has 1 atom stereocenters. The standard InChI is InChI=1S/C12H20FN5/c1-2-9-6-4-3-5-7-18(9)11-10(13)8-15-12(16-11)17-14/h8-9H,2-7,14H2,1H3,(H,15,16,17). The van der Waals surface area contributed by atoms with Crippen LogP contribution >= 0.6 is 0 Å². The van der Waals surface area contributed by atoms with Gasteiger partial charge in [-0.25, -0.2) is 15.2 Å². The Hall–Kier alpha value is -1.43. The number of nitrogens with one attached hydrogen (secondary N) is 1. The first kappa shape index (κ1) is 13.0. The highest BCUT2D eigenvalue weighted by molar-refractivity contribution is 5.44. The molecule has 0 amide bonds. The minimum Gasteiger partial charge on any atom is -0.351 e. The molecule has 1 saturated heterocycles. The third-order valence-electron chi connectivity index (χ3n) is 3.48. The van der Waals surface area contributed by atoms with Crippen LogP contribution in [0.1, 0.15) is 39.0 Å². The van der Waals surface area contributed by atoms with Crippen molar-refractivity contribution in [1.82, 2.24) is 9.97 Å². The van der Waals surface area contributed by atoms with Crippen LogP contribution < -0.4 is 16.2 Å². The molecule has 0 radical (unpaired) electrons. The SMILES string of the molecule is CCC1CCCCCN1c1nc(NN)ncc1F. The number of hydrazine groups is 1. The van der Waals surface area contributed by atoms with Gasteiger partial charge < -0.3 is 4.90 Å². The molecule has 1 aromatic heterocycles. The normalized spacial score (nSPS) is 20.6. The molecule has 0 saturated carbocycles. The van der Waals surface area contributed by atoms with E-state index in [4.69, 9.17) is 5.84 Å². The summed E-state index contributed by atoms with van der Waals surface area (Å²) >= 11 is 0. The van der Waals surface area contributed by atoms with E-state index in [1.54, 1.807) is 0 Å². The molecule has 3 N–H and O–H groups in total. The summed E-state index contributed by atoms with van der Waals surface area (Å²) in [5.74, 6) is 5.52. The molecule has 100 valence electrons. The zero-order valence-electron chi connectivity index (χ0n) is 10.7. The zero-order valence-corrected chi connectivity index (χ0v) is 10.7. The third-order valence-corrected chi connectivity index (χ3v) is 3.48. The summed E-state index contributed by atoms with van der Waals surface area (Å²) in [4.78, 5) is 10.00. The van der Waals surface area contributed by atoms with E-state index < -0.39 is 0 Å². The maximum Gasteiger partial charge on any atom is 0.239 e. The van der Waals surface area contributed by atoms with Gasteiger partial charge in [0, 0.05) is 12.6 Å². The molecule has 0 spiro atoms. The van der Waals surface area contributed by atoms with Gasteiger partial charge in [0.25, 0.3) is 0 Å². The lowest BCUT2D eigenvalue weighted by Crippen LogP contribution is -2.36. The van der Waals surface area contributed by atoms with Crippen LogP contribution in [-0.4, -0.2) is 22.6 Å². The third kappa shape index (κ3) is 2.69. The molecule has 5 nitrogen and oxygen atoms in total. The number of rotatable bonds is 3. The second-order valence-corrected chi connectivity index (χ2v) is 4.61. The number of anilines is 2. The Morgan fingerprint density at radius 2 is 2.33 bits per heavy atom. The summed E-state index contributed by atoms with van der Waals surface area (Å²) in [7, 11) is 0. The summed E-state index contributed by atoms with van der Waals surface area (Å²) in [6.07, 6.45) is 6.73. The minimum atomic E-state index is -0.380. The molecule has 18 heavy (non-hydrogen) atoms. The summed E-state index contributed by atoms with van der Waals surface area (Å²) in [6.45, 7) is 2.97. The van der Waals surface area contributed by atoms with E-state index in [0.717, 1.165) is 25.8 Å². The zero-order chi connectivity index (χ0) is 13.0. The van der Waals surface area contributed by atoms with Gasteiger partial charge in [-0.3, -0.25) is 5.43 Å². The second-order valence-electron chi connectivity index (χ2n) is 4.61. The molecule has 0 aromatic carbocycles. The first-order chi connectivity index (χ1) is 8.76. The van der Waals surface area contributed by atoms with Crippen LogP contribution in [0.5, 0.6) is 0 Å². The van der Waals surface area contributed by atoms with Gasteiger partial charge in [-0.05, 0) is 19.3 Å². The first-order valence-electron chi connectivity index (χ1n) is 6.52. The predicted molar refractivity (Wildman–Crippen MR) is 69.7 cm³/mol. The second kappa shape index (κ2) is 5.95. The number of hydrogen-bond acceptors (Lipinski definition) is 5. The van der Waals surface area contributed by atoms with Gasteiger partial charge in [0.1, 0.15) is 0 Å². The molecular weight excluding hydrogens is 233 g/mol. The van der Waals surface area contributed by atoms with Crippen LogP contribution in [0.2, 0.25) is 0 Å². The van der Waals surface area contributed by atoms with Crippen molar-refractivity contribution in [2.24, 2.45) is 5.84 Å². The highest BCUT2D eigenvalue weighted by Gasteiger charge is 2.23. The Morgan fingerprint density at radius 3 is 3.06 bits per heavy atom. The fourth-order valence-corrected chi connectivity index (χ4v) is 2.51. The molecule has 0 aliphatic carbocycles. The number of halogens is 1. The first-order valence-corrected chi connectivity index (χ1v) is 6.52. The molecule has 1 aliphatic rings. The Labute approximate surface area is 107 Å². The number of nitrogen functional groups attached to an aromatic ring is 1. The summed E-state index contributed by atoms with van der Waals surface area (Å²) < 4.78 is 13.9. The molecule has 1 aliphatic heterocycles. The Kier molecular flexibility index (Phi) is 4.30. The summed E-state index contributed by atoms with van der Waals surface area (Å²) in [6, 6.07) is 0.350. The van der Waals surface area contributed by atoms with Gasteiger partial charge in [0.05, 0.1) is 6.20 Å². The topological polar surface area (TPSA) is 67.1 Å². The summed E-state index contributed by atoms with van der Waals surface area (Å²) in [5, 5.41) is 0. The highest BCUT2D eigenvalue weighted by Crippen LogP contribution is 2.26. The van der Waals surface area contributed by atoms with Gasteiger partial charge >= 0.3 is 0 Å². The van der Waals surface area contributed by atoms with Crippen LogP contribution in [0.25, 0.3) is 0 Å². The maximum absolute atomic E-state index is 13.9. The smallest absolute Gasteiger partial charge is 0.239 e. The van der Waals surface area contributed by atoms with Crippen LogP contribution in [-0.2, 0) is 0 Å². The van der Waals surface area contributed by atoms with E-state index in [9.17, 15) is 4.39 Å². The van der Waals surface area contributed by atoms with E-state index in [1.165, 1.54) is 19.0 Å². The minimum absolute atomic E-state index is 0.255. The molecular formula is C12H20FN5. The molecule has 1 aromatic rings. The maximum atomic E-state index is 13.9. The molecule has 6 heteroatoms. The van der Waals surface area contributed by atoms with Gasteiger partial charge in [0.2, 0.25) is 5.95 Å². The van der Waals surface area contributed by atoms with Crippen molar-refractivity contribution in [2.45, 2.75) is 45.1 Å². The number of nitrogens with two attached hydrogens (primary N) is 1. The van der Waals surface area contributed by atoms with Crippen molar-refractivity contribution >= 4 is 11.8 Å². The molecule has 0 bridgehead atoms. The van der Waals surface area contributed by atoms with Crippen molar-refractivity contribution < 1.29 is 4.39 Å². The fourth-order valence-electron chi connectivity index (χ4n) is 2.51. The van der Waals surface area contributed by atoms with Crippen LogP contribution in [0.3, 0.4) is 0 Å². The van der Waals surface area contributed by atoms with Gasteiger partial charge in [-0.1, -0.05) is 19.8 Å². The number of aromatic nitrogens is 2. The lowest BCUT2D eigenvalue weighted by molar-refractivity contribution is 0.531. The van der Waals surface area contributed by atoms with Gasteiger partial charge in [0.15, 0.2) is 11.6 Å². The van der Waals surface area contributed by atoms with Crippen molar-refractivity contribution in [1.29, 1.82) is 0 Å². The summed E-state index contributed by atoms with van der Waals surface area (Å²) in [5.41, 5.74) is 2.37. The molecule has 2 heterocycles. The van der Waals surface area contributed by atoms with E-state index in [0.29, 0.717) is 11.9 Å². The predicted octanol–water partition coefficient (Wildman–Crippen LogP) is 2.06. The Balaban J connectivity index is 2.31. The van der Waals surface area contributed by atoms with Gasteiger partial charge in [-0.2, -0.15) is 4.98 Å². The highest BCUT2D eigenvalue weighted by atomic mass is 19.1. The van der Waals surface area contributed by atoms with E-state index in [1.807, 2.05) is 0 Å². The largest absolute Gasteiger partial charge is 0.351 e. The van der Waals surface area contributed by atoms with E-state index in [-0.39, 0.29) is 11.8 Å². The van der Waals surface area contributed by atoms with Crippen LogP contribution in [0, 0.1) is 5.82 Å². The Morgan fingerprint density at radius 1 is 1.50 bits per heavy atom. The van der Waals surface area contributed by atoms with Crippen LogP contribution in [0.4, 0.5) is 16.2 Å². The van der Waals surface area contributed by atoms with Crippen molar-refractivity contribution in [2.75, 3.05) is 16.9 Å². The Bertz CT molecular complexity index is 398. The average Bonchev–Trinajstić information content (AvgIpc) is 2.64. The van der Waals surface area contributed by atoms with Crippen molar-refractivity contribution in [3.05, 3.63) is 12.0 Å². The van der Waals surface area contributed by atoms with E-state index >= 15 is 0 Å². The van der Waals surface area contributed by atoms with Gasteiger partial charge in [-0.15, -0.1) is 0 Å². The number of hydrogen-bond donors (Lipinski definition) is 2. The monoisotopic (exact) mass is 253 g/mol. The molecule has 1 unspecified atom stereocenters. The number of nitrogens with zero attached hydrogens (tertiary/aromatic N) is 3. The quantitative estimate of drug-likeness (QED) is 0.637. The van der Waals surface area contributed by atoms with Crippen molar-refractivity contribution in [3.8, 4) is 0 Å². The fraction of sp³-hybridized carbons (Fsp3) is 0.667. The lowest BCUT2D eigenvalue weighted by Gasteiger charge is -2.30. The van der Waals surface area contributed by atoms with Crippen LogP contribution in [0.15, 0.2) is 6.20 Å². The molecule has 2 rings (SSSR count). The van der Waals surface area contributed by atoms with Crippen molar-refractivity contribution in [3.63, 3.8) is 0 Å². The average molecular weight is 253 g/mol. The molecule has 1 fully saturated rings. The lowest BCUT2D eigenvalue weighted by atomic mass is 10.1.